The van der Waals surface area contributed by atoms with E-state index in [4.69, 9.17) is 0 Å². The number of aromatic nitrogens is 1. The van der Waals surface area contributed by atoms with Crippen molar-refractivity contribution in [1.82, 2.24) is 15.2 Å². The molecule has 0 spiro atoms. The molecular formula is C15H25N3. The Hall–Kier alpha value is -0.930. The van der Waals surface area contributed by atoms with Gasteiger partial charge in [-0.1, -0.05) is 12.8 Å². The highest BCUT2D eigenvalue weighted by atomic mass is 15.1. The second kappa shape index (κ2) is 7.49. The van der Waals surface area contributed by atoms with Gasteiger partial charge in [-0.25, -0.2) is 0 Å². The normalized spacial score (nSPS) is 17.6. The molecule has 0 amide bonds. The molecule has 1 aromatic rings. The average Bonchev–Trinajstić information content (AvgIpc) is 2.65. The lowest BCUT2D eigenvalue weighted by Gasteiger charge is -2.19. The maximum Gasteiger partial charge on any atom is 0.0315 e. The first kappa shape index (κ1) is 13.5. The predicted molar refractivity (Wildman–Crippen MR) is 75.6 cm³/mol. The Kier molecular flexibility index (Phi) is 5.62. The summed E-state index contributed by atoms with van der Waals surface area (Å²) in [6, 6.07) is 2.08. The van der Waals surface area contributed by atoms with Crippen molar-refractivity contribution >= 4 is 0 Å². The molecule has 1 aliphatic heterocycles. The minimum Gasteiger partial charge on any atom is -0.311 e. The molecule has 1 saturated heterocycles. The molecule has 0 bridgehead atoms. The van der Waals surface area contributed by atoms with Gasteiger partial charge in [0.2, 0.25) is 0 Å². The third-order valence-corrected chi connectivity index (χ3v) is 3.77. The van der Waals surface area contributed by atoms with Crippen LogP contribution in [0.2, 0.25) is 0 Å². The molecule has 18 heavy (non-hydrogen) atoms. The Bertz CT molecular complexity index is 343. The summed E-state index contributed by atoms with van der Waals surface area (Å²) in [5.41, 5.74) is 2.64. The van der Waals surface area contributed by atoms with Gasteiger partial charge in [-0.05, 0) is 50.0 Å². The first-order chi connectivity index (χ1) is 8.86. The lowest BCUT2D eigenvalue weighted by atomic mass is 10.1. The van der Waals surface area contributed by atoms with Crippen molar-refractivity contribution in [1.29, 1.82) is 0 Å². The highest BCUT2D eigenvalue weighted by Crippen LogP contribution is 2.09. The highest BCUT2D eigenvalue weighted by molar-refractivity contribution is 5.20. The molecule has 1 N–H and O–H groups in total. The Balaban J connectivity index is 1.65. The van der Waals surface area contributed by atoms with Crippen molar-refractivity contribution < 1.29 is 0 Å². The molecule has 0 aromatic carbocycles. The van der Waals surface area contributed by atoms with Gasteiger partial charge in [-0.15, -0.1) is 0 Å². The average molecular weight is 247 g/mol. The standard InChI is InChI=1S/C15H25N3/c1-14-6-7-16-12-15(14)13-17-8-11-18-9-4-2-3-5-10-18/h6-7,12,17H,2-5,8-11,13H2,1H3. The van der Waals surface area contributed by atoms with Crippen LogP contribution in [-0.4, -0.2) is 36.1 Å². The van der Waals surface area contributed by atoms with Crippen molar-refractivity contribution in [2.24, 2.45) is 0 Å². The van der Waals surface area contributed by atoms with E-state index in [0.29, 0.717) is 0 Å². The van der Waals surface area contributed by atoms with Crippen LogP contribution < -0.4 is 5.32 Å². The zero-order valence-electron chi connectivity index (χ0n) is 11.5. The number of nitrogens with one attached hydrogen (secondary N) is 1. The number of nitrogens with zero attached hydrogens (tertiary/aromatic N) is 2. The summed E-state index contributed by atoms with van der Waals surface area (Å²) >= 11 is 0. The van der Waals surface area contributed by atoms with Gasteiger partial charge in [-0.2, -0.15) is 0 Å². The number of hydrogen-bond acceptors (Lipinski definition) is 3. The SMILES string of the molecule is Cc1ccncc1CNCCN1CCCCCC1. The van der Waals surface area contributed by atoms with Crippen LogP contribution in [0.4, 0.5) is 0 Å². The van der Waals surface area contributed by atoms with E-state index < -0.39 is 0 Å². The molecule has 0 saturated carbocycles. The predicted octanol–water partition coefficient (Wildman–Crippen LogP) is 2.36. The van der Waals surface area contributed by atoms with Crippen LogP contribution in [0.5, 0.6) is 0 Å². The number of aryl methyl sites for hydroxylation is 1. The summed E-state index contributed by atoms with van der Waals surface area (Å²) in [7, 11) is 0. The van der Waals surface area contributed by atoms with Crippen LogP contribution >= 0.6 is 0 Å². The van der Waals surface area contributed by atoms with Crippen molar-refractivity contribution in [3.63, 3.8) is 0 Å². The van der Waals surface area contributed by atoms with Gasteiger partial charge in [0.25, 0.3) is 0 Å². The summed E-state index contributed by atoms with van der Waals surface area (Å²) < 4.78 is 0. The summed E-state index contributed by atoms with van der Waals surface area (Å²) in [4.78, 5) is 6.77. The lowest BCUT2D eigenvalue weighted by molar-refractivity contribution is 0.284. The quantitative estimate of drug-likeness (QED) is 0.810. The van der Waals surface area contributed by atoms with Crippen LogP contribution in [0.25, 0.3) is 0 Å². The van der Waals surface area contributed by atoms with E-state index in [1.807, 2.05) is 12.4 Å². The fourth-order valence-corrected chi connectivity index (χ4v) is 2.50. The Morgan fingerprint density at radius 1 is 1.22 bits per heavy atom. The first-order valence-electron chi connectivity index (χ1n) is 7.19. The molecule has 1 fully saturated rings. The van der Waals surface area contributed by atoms with Gasteiger partial charge >= 0.3 is 0 Å². The van der Waals surface area contributed by atoms with Gasteiger partial charge in [0.1, 0.15) is 0 Å². The summed E-state index contributed by atoms with van der Waals surface area (Å²) in [6.45, 7) is 7.91. The largest absolute Gasteiger partial charge is 0.311 e. The molecule has 2 heterocycles. The summed E-state index contributed by atoms with van der Waals surface area (Å²) in [5.74, 6) is 0. The molecule has 1 aromatic heterocycles. The third kappa shape index (κ3) is 4.39. The molecule has 0 atom stereocenters. The number of pyridine rings is 1. The third-order valence-electron chi connectivity index (χ3n) is 3.77. The number of hydrogen-bond donors (Lipinski definition) is 1. The summed E-state index contributed by atoms with van der Waals surface area (Å²) in [6.07, 6.45) is 9.41. The topological polar surface area (TPSA) is 28.2 Å². The van der Waals surface area contributed by atoms with Gasteiger partial charge in [-0.3, -0.25) is 4.98 Å². The van der Waals surface area contributed by atoms with E-state index in [1.165, 1.54) is 56.4 Å². The maximum atomic E-state index is 4.18. The fourth-order valence-electron chi connectivity index (χ4n) is 2.50. The van der Waals surface area contributed by atoms with E-state index in [2.05, 4.69) is 28.2 Å². The van der Waals surface area contributed by atoms with E-state index >= 15 is 0 Å². The molecule has 0 unspecified atom stereocenters. The molecule has 0 aliphatic carbocycles. The Labute approximate surface area is 111 Å². The fraction of sp³-hybridized carbons (Fsp3) is 0.667. The van der Waals surface area contributed by atoms with E-state index in [1.54, 1.807) is 0 Å². The molecular weight excluding hydrogens is 222 g/mol. The zero-order chi connectivity index (χ0) is 12.6. The van der Waals surface area contributed by atoms with Gasteiger partial charge in [0.15, 0.2) is 0 Å². The molecule has 0 radical (unpaired) electrons. The monoisotopic (exact) mass is 247 g/mol. The van der Waals surface area contributed by atoms with Crippen LogP contribution in [-0.2, 0) is 6.54 Å². The van der Waals surface area contributed by atoms with Crippen molar-refractivity contribution in [3.8, 4) is 0 Å². The minimum absolute atomic E-state index is 0.938. The molecule has 1 aliphatic rings. The van der Waals surface area contributed by atoms with Gasteiger partial charge in [0.05, 0.1) is 0 Å². The molecule has 3 heteroatoms. The lowest BCUT2D eigenvalue weighted by Crippen LogP contribution is -2.32. The van der Waals surface area contributed by atoms with E-state index in [-0.39, 0.29) is 0 Å². The number of likely N-dealkylation sites (tertiary alicyclic amines) is 1. The minimum atomic E-state index is 0.938. The van der Waals surface area contributed by atoms with Crippen LogP contribution in [0, 0.1) is 6.92 Å². The van der Waals surface area contributed by atoms with Gasteiger partial charge in [0, 0.05) is 32.0 Å². The smallest absolute Gasteiger partial charge is 0.0315 e. The highest BCUT2D eigenvalue weighted by Gasteiger charge is 2.07. The molecule has 100 valence electrons. The van der Waals surface area contributed by atoms with E-state index in [9.17, 15) is 0 Å². The van der Waals surface area contributed by atoms with Crippen LogP contribution in [0.3, 0.4) is 0 Å². The molecule has 3 nitrogen and oxygen atoms in total. The second-order valence-corrected chi connectivity index (χ2v) is 5.23. The maximum absolute atomic E-state index is 4.18. The van der Waals surface area contributed by atoms with Gasteiger partial charge < -0.3 is 10.2 Å². The summed E-state index contributed by atoms with van der Waals surface area (Å²) in [5, 5.41) is 3.53. The van der Waals surface area contributed by atoms with Crippen molar-refractivity contribution in [2.75, 3.05) is 26.2 Å². The van der Waals surface area contributed by atoms with E-state index in [0.717, 1.165) is 13.1 Å². The first-order valence-corrected chi connectivity index (χ1v) is 7.19. The Morgan fingerprint density at radius 2 is 2.00 bits per heavy atom. The molecule has 2 rings (SSSR count). The second-order valence-electron chi connectivity index (χ2n) is 5.23. The zero-order valence-corrected chi connectivity index (χ0v) is 11.5. The Morgan fingerprint density at radius 3 is 2.72 bits per heavy atom. The van der Waals surface area contributed by atoms with Crippen molar-refractivity contribution in [2.45, 2.75) is 39.2 Å². The van der Waals surface area contributed by atoms with Crippen molar-refractivity contribution in [3.05, 3.63) is 29.6 Å². The number of rotatable bonds is 5. The van der Waals surface area contributed by atoms with Crippen LogP contribution in [0.1, 0.15) is 36.8 Å². The van der Waals surface area contributed by atoms with Crippen LogP contribution in [0.15, 0.2) is 18.5 Å².